The minimum atomic E-state index is -0.0525. The second-order valence-corrected chi connectivity index (χ2v) is 4.15. The summed E-state index contributed by atoms with van der Waals surface area (Å²) in [5.74, 6) is 0. The van der Waals surface area contributed by atoms with Gasteiger partial charge in [0.1, 0.15) is 6.04 Å². The number of nitriles is 1. The molecule has 1 aliphatic rings. The Morgan fingerprint density at radius 3 is 2.86 bits per heavy atom. The lowest BCUT2D eigenvalue weighted by Crippen LogP contribution is -2.44. The van der Waals surface area contributed by atoms with Crippen molar-refractivity contribution in [2.24, 2.45) is 0 Å². The van der Waals surface area contributed by atoms with E-state index in [1.165, 1.54) is 0 Å². The third-order valence-corrected chi connectivity index (χ3v) is 3.20. The molecule has 1 N–H and O–H groups in total. The number of rotatable bonds is 2. The molecule has 4 heteroatoms. The molecule has 0 aromatic carbocycles. The Balaban J connectivity index is 2.09. The van der Waals surface area contributed by atoms with Gasteiger partial charge >= 0.3 is 0 Å². The molecule has 0 radical (unpaired) electrons. The lowest BCUT2D eigenvalue weighted by Gasteiger charge is -2.30. The van der Waals surface area contributed by atoms with Gasteiger partial charge in [-0.25, -0.2) is 0 Å². The smallest absolute Gasteiger partial charge is 0.124 e. The highest BCUT2D eigenvalue weighted by Crippen LogP contribution is 2.22. The van der Waals surface area contributed by atoms with Crippen molar-refractivity contribution in [2.45, 2.75) is 6.04 Å². The highest BCUT2D eigenvalue weighted by Gasteiger charge is 2.21. The molecule has 0 amide bonds. The van der Waals surface area contributed by atoms with Crippen molar-refractivity contribution in [3.8, 4) is 6.07 Å². The van der Waals surface area contributed by atoms with Crippen molar-refractivity contribution in [1.82, 2.24) is 10.2 Å². The van der Waals surface area contributed by atoms with Crippen LogP contribution in [0.3, 0.4) is 0 Å². The largest absolute Gasteiger partial charge is 0.314 e. The lowest BCUT2D eigenvalue weighted by atomic mass is 10.1. The highest BCUT2D eigenvalue weighted by molar-refractivity contribution is 7.08. The minimum Gasteiger partial charge on any atom is -0.314 e. The molecule has 1 unspecified atom stereocenters. The average molecular weight is 207 g/mol. The molecule has 14 heavy (non-hydrogen) atoms. The van der Waals surface area contributed by atoms with E-state index in [4.69, 9.17) is 5.26 Å². The van der Waals surface area contributed by atoms with Crippen LogP contribution in [0, 0.1) is 11.3 Å². The number of hydrogen-bond acceptors (Lipinski definition) is 4. The molecule has 0 saturated carbocycles. The fourth-order valence-corrected chi connectivity index (χ4v) is 2.42. The van der Waals surface area contributed by atoms with E-state index in [2.05, 4.69) is 21.7 Å². The molecule has 1 atom stereocenters. The second kappa shape index (κ2) is 4.56. The summed E-state index contributed by atoms with van der Waals surface area (Å²) in [5.41, 5.74) is 1.14. The third-order valence-electron chi connectivity index (χ3n) is 2.50. The zero-order chi connectivity index (χ0) is 9.80. The van der Waals surface area contributed by atoms with Crippen molar-refractivity contribution >= 4 is 11.3 Å². The van der Waals surface area contributed by atoms with E-state index in [-0.39, 0.29) is 6.04 Å². The van der Waals surface area contributed by atoms with Gasteiger partial charge in [0.15, 0.2) is 0 Å². The van der Waals surface area contributed by atoms with Gasteiger partial charge in [-0.2, -0.15) is 16.6 Å². The second-order valence-electron chi connectivity index (χ2n) is 3.37. The van der Waals surface area contributed by atoms with Crippen molar-refractivity contribution < 1.29 is 0 Å². The van der Waals surface area contributed by atoms with E-state index < -0.39 is 0 Å². The van der Waals surface area contributed by atoms with Gasteiger partial charge in [0.05, 0.1) is 6.07 Å². The van der Waals surface area contributed by atoms with Gasteiger partial charge in [-0.3, -0.25) is 4.90 Å². The standard InChI is InChI=1S/C10H13N3S/c11-7-10(9-1-6-14-8-9)13-4-2-12-3-5-13/h1,6,8,10,12H,2-5H2. The van der Waals surface area contributed by atoms with Gasteiger partial charge in [-0.15, -0.1) is 0 Å². The maximum absolute atomic E-state index is 9.14. The van der Waals surface area contributed by atoms with Crippen LogP contribution in [0.5, 0.6) is 0 Å². The van der Waals surface area contributed by atoms with E-state index >= 15 is 0 Å². The maximum atomic E-state index is 9.14. The Bertz CT molecular complexity index is 309. The molecule has 74 valence electrons. The topological polar surface area (TPSA) is 39.1 Å². The summed E-state index contributed by atoms with van der Waals surface area (Å²) in [7, 11) is 0. The quantitative estimate of drug-likeness (QED) is 0.792. The fourth-order valence-electron chi connectivity index (χ4n) is 1.74. The van der Waals surface area contributed by atoms with Crippen LogP contribution in [-0.2, 0) is 0 Å². The van der Waals surface area contributed by atoms with Crippen molar-refractivity contribution in [3.05, 3.63) is 22.4 Å². The predicted molar refractivity (Wildman–Crippen MR) is 57.1 cm³/mol. The molecular formula is C10H13N3S. The molecule has 0 aliphatic carbocycles. The Kier molecular flexibility index (Phi) is 3.14. The van der Waals surface area contributed by atoms with Crippen molar-refractivity contribution in [2.75, 3.05) is 26.2 Å². The summed E-state index contributed by atoms with van der Waals surface area (Å²) in [5, 5.41) is 16.5. The summed E-state index contributed by atoms with van der Waals surface area (Å²) in [4.78, 5) is 2.23. The molecular weight excluding hydrogens is 194 g/mol. The van der Waals surface area contributed by atoms with Gasteiger partial charge in [0, 0.05) is 26.2 Å². The predicted octanol–water partition coefficient (Wildman–Crippen LogP) is 1.22. The van der Waals surface area contributed by atoms with E-state index in [9.17, 15) is 0 Å². The Hall–Kier alpha value is -0.890. The van der Waals surface area contributed by atoms with Gasteiger partial charge in [0.25, 0.3) is 0 Å². The van der Waals surface area contributed by atoms with Crippen molar-refractivity contribution in [1.29, 1.82) is 5.26 Å². The van der Waals surface area contributed by atoms with Crippen LogP contribution in [0.15, 0.2) is 16.8 Å². The third kappa shape index (κ3) is 1.95. The lowest BCUT2D eigenvalue weighted by molar-refractivity contribution is 0.208. The average Bonchev–Trinajstić information content (AvgIpc) is 2.74. The summed E-state index contributed by atoms with van der Waals surface area (Å²) in [6, 6.07) is 4.37. The Morgan fingerprint density at radius 1 is 1.50 bits per heavy atom. The molecule has 2 heterocycles. The first-order valence-corrected chi connectivity index (χ1v) is 5.72. The van der Waals surface area contributed by atoms with Crippen molar-refractivity contribution in [3.63, 3.8) is 0 Å². The zero-order valence-electron chi connectivity index (χ0n) is 7.94. The molecule has 1 fully saturated rings. The molecule has 0 bridgehead atoms. The molecule has 2 rings (SSSR count). The summed E-state index contributed by atoms with van der Waals surface area (Å²) < 4.78 is 0. The maximum Gasteiger partial charge on any atom is 0.124 e. The molecule has 1 saturated heterocycles. The van der Waals surface area contributed by atoms with Crippen LogP contribution in [0.1, 0.15) is 11.6 Å². The number of thiophene rings is 1. The van der Waals surface area contributed by atoms with E-state index in [0.29, 0.717) is 0 Å². The monoisotopic (exact) mass is 207 g/mol. The van der Waals surface area contributed by atoms with E-state index in [1.54, 1.807) is 11.3 Å². The van der Waals surface area contributed by atoms with Crippen LogP contribution in [-0.4, -0.2) is 31.1 Å². The van der Waals surface area contributed by atoms with Crippen LogP contribution in [0.25, 0.3) is 0 Å². The summed E-state index contributed by atoms with van der Waals surface area (Å²) >= 11 is 1.65. The summed E-state index contributed by atoms with van der Waals surface area (Å²) in [6.45, 7) is 3.91. The zero-order valence-corrected chi connectivity index (χ0v) is 8.76. The number of hydrogen-bond donors (Lipinski definition) is 1. The summed E-state index contributed by atoms with van der Waals surface area (Å²) in [6.07, 6.45) is 0. The molecule has 3 nitrogen and oxygen atoms in total. The SMILES string of the molecule is N#CC(c1ccsc1)N1CCNCC1. The van der Waals surface area contributed by atoms with Crippen LogP contribution in [0.4, 0.5) is 0 Å². The number of nitrogens with zero attached hydrogens (tertiary/aromatic N) is 2. The normalized spacial score (nSPS) is 20.2. The number of piperazine rings is 1. The van der Waals surface area contributed by atoms with Gasteiger partial charge in [-0.05, 0) is 22.4 Å². The molecule has 1 aliphatic heterocycles. The van der Waals surface area contributed by atoms with Crippen LogP contribution >= 0.6 is 11.3 Å². The molecule has 1 aromatic rings. The van der Waals surface area contributed by atoms with E-state index in [1.807, 2.05) is 11.4 Å². The molecule has 1 aromatic heterocycles. The Morgan fingerprint density at radius 2 is 2.29 bits per heavy atom. The van der Waals surface area contributed by atoms with E-state index in [0.717, 1.165) is 31.7 Å². The first kappa shape index (κ1) is 9.66. The van der Waals surface area contributed by atoms with Gasteiger partial charge < -0.3 is 5.32 Å². The van der Waals surface area contributed by atoms with Gasteiger partial charge in [0.2, 0.25) is 0 Å². The van der Waals surface area contributed by atoms with Gasteiger partial charge in [-0.1, -0.05) is 0 Å². The first-order valence-electron chi connectivity index (χ1n) is 4.78. The molecule has 0 spiro atoms. The Labute approximate surface area is 88.0 Å². The van der Waals surface area contributed by atoms with Crippen LogP contribution < -0.4 is 5.32 Å². The highest BCUT2D eigenvalue weighted by atomic mass is 32.1. The fraction of sp³-hybridized carbons (Fsp3) is 0.500. The van der Waals surface area contributed by atoms with Crippen LogP contribution in [0.2, 0.25) is 0 Å². The number of nitrogens with one attached hydrogen (secondary N) is 1. The first-order chi connectivity index (χ1) is 6.92. The minimum absolute atomic E-state index is 0.0525.